The first-order valence-electron chi connectivity index (χ1n) is 8.76. The molecule has 0 aliphatic carbocycles. The van der Waals surface area contributed by atoms with Gasteiger partial charge in [0, 0.05) is 5.69 Å². The minimum atomic E-state index is -2.71. The van der Waals surface area contributed by atoms with E-state index in [4.69, 9.17) is 5.73 Å². The summed E-state index contributed by atoms with van der Waals surface area (Å²) < 4.78 is 28.2. The fourth-order valence-corrected chi connectivity index (χ4v) is 3.77. The second kappa shape index (κ2) is 8.00. The molecule has 0 spiro atoms. The number of benzene rings is 2. The summed E-state index contributed by atoms with van der Waals surface area (Å²) in [5, 5.41) is 2.86. The number of imidazole rings is 1. The van der Waals surface area contributed by atoms with Gasteiger partial charge >= 0.3 is 6.55 Å². The van der Waals surface area contributed by atoms with Crippen molar-refractivity contribution >= 4 is 40.4 Å². The third-order valence-corrected chi connectivity index (χ3v) is 5.17. The summed E-state index contributed by atoms with van der Waals surface area (Å²) in [4.78, 5) is 17.0. The molecule has 0 aliphatic rings. The number of nitrogen functional groups attached to an aromatic ring is 1. The molecule has 4 rings (SSSR count). The molecule has 7 nitrogen and oxygen atoms in total. The fourth-order valence-electron chi connectivity index (χ4n) is 2.80. The summed E-state index contributed by atoms with van der Waals surface area (Å²) in [6.45, 7) is -0.906. The maximum Gasteiger partial charge on any atom is 0.321 e. The summed E-state index contributed by atoms with van der Waals surface area (Å²) in [6, 6.07) is 16.2. The highest BCUT2D eigenvalue weighted by Gasteiger charge is 2.22. The van der Waals surface area contributed by atoms with Gasteiger partial charge in [0.15, 0.2) is 5.16 Å². The number of alkyl halides is 2. The Hall–Kier alpha value is -3.27. The van der Waals surface area contributed by atoms with Crippen molar-refractivity contribution in [2.75, 3.05) is 11.1 Å². The van der Waals surface area contributed by atoms with Crippen LogP contribution < -0.4 is 11.1 Å². The molecule has 0 radical (unpaired) electrons. The largest absolute Gasteiger partial charge is 0.368 e. The lowest BCUT2D eigenvalue weighted by molar-refractivity contribution is 0.0656. The molecule has 3 N–H and O–H groups in total. The SMILES string of the molecule is C[C@@H](Sc1nc2ccccc2n1C(F)F)c1nc(N)nc(Nc2ccccc2)n1. The Kier molecular flexibility index (Phi) is 5.26. The molecule has 0 bridgehead atoms. The molecule has 2 aromatic heterocycles. The number of hydrogen-bond acceptors (Lipinski definition) is 7. The number of thioether (sulfide) groups is 1. The normalized spacial score (nSPS) is 12.4. The standard InChI is InChI=1S/C19H17F2N7S/c1-11(29-19-24-13-9-5-6-10-14(13)28(19)16(20)21)15-25-17(22)27-18(26-15)23-12-7-3-2-4-8-12/h2-11,16H,1H3,(H3,22,23,25,26,27)/t11-/m1/s1. The highest BCUT2D eigenvalue weighted by molar-refractivity contribution is 7.99. The summed E-state index contributed by atoms with van der Waals surface area (Å²) in [6.07, 6.45) is 0. The number of anilines is 3. The number of hydrogen-bond donors (Lipinski definition) is 2. The molecule has 0 aliphatic heterocycles. The monoisotopic (exact) mass is 413 g/mol. The minimum absolute atomic E-state index is 0.0447. The molecule has 4 aromatic rings. The number of aromatic nitrogens is 5. The zero-order chi connectivity index (χ0) is 20.4. The summed E-state index contributed by atoms with van der Waals surface area (Å²) >= 11 is 1.14. The molecule has 2 aromatic carbocycles. The van der Waals surface area contributed by atoms with Gasteiger partial charge in [-0.25, -0.2) is 4.98 Å². The molecular weight excluding hydrogens is 396 g/mol. The average molecular weight is 413 g/mol. The van der Waals surface area contributed by atoms with Crippen LogP contribution in [0.1, 0.15) is 24.5 Å². The van der Waals surface area contributed by atoms with Gasteiger partial charge in [0.25, 0.3) is 0 Å². The lowest BCUT2D eigenvalue weighted by atomic mass is 10.3. The van der Waals surface area contributed by atoms with Crippen molar-refractivity contribution in [2.45, 2.75) is 23.9 Å². The van der Waals surface area contributed by atoms with Gasteiger partial charge in [0.2, 0.25) is 11.9 Å². The second-order valence-corrected chi connectivity index (χ2v) is 7.47. The quantitative estimate of drug-likeness (QED) is 0.439. The molecule has 10 heteroatoms. The van der Waals surface area contributed by atoms with E-state index in [0.717, 1.165) is 22.0 Å². The predicted molar refractivity (Wildman–Crippen MR) is 109 cm³/mol. The molecule has 0 saturated heterocycles. The smallest absolute Gasteiger partial charge is 0.321 e. The maximum atomic E-state index is 13.7. The van der Waals surface area contributed by atoms with Crippen molar-refractivity contribution in [1.29, 1.82) is 0 Å². The van der Waals surface area contributed by atoms with Gasteiger partial charge in [-0.05, 0) is 31.2 Å². The van der Waals surface area contributed by atoms with Gasteiger partial charge in [0.1, 0.15) is 5.82 Å². The van der Waals surface area contributed by atoms with E-state index in [1.807, 2.05) is 30.3 Å². The molecule has 0 saturated carbocycles. The molecule has 1 atom stereocenters. The van der Waals surface area contributed by atoms with E-state index in [1.54, 1.807) is 31.2 Å². The highest BCUT2D eigenvalue weighted by Crippen LogP contribution is 2.37. The third-order valence-electron chi connectivity index (χ3n) is 4.10. The van der Waals surface area contributed by atoms with Crippen LogP contribution >= 0.6 is 11.8 Å². The van der Waals surface area contributed by atoms with Crippen molar-refractivity contribution in [1.82, 2.24) is 24.5 Å². The van der Waals surface area contributed by atoms with Crippen molar-refractivity contribution in [2.24, 2.45) is 0 Å². The summed E-state index contributed by atoms with van der Waals surface area (Å²) in [7, 11) is 0. The van der Waals surface area contributed by atoms with Crippen molar-refractivity contribution in [3.63, 3.8) is 0 Å². The first kappa shape index (κ1) is 19.1. The minimum Gasteiger partial charge on any atom is -0.368 e. The zero-order valence-corrected chi connectivity index (χ0v) is 16.1. The van der Waals surface area contributed by atoms with Crippen molar-refractivity contribution in [3.8, 4) is 0 Å². The van der Waals surface area contributed by atoms with Gasteiger partial charge in [-0.2, -0.15) is 23.7 Å². The molecule has 0 fully saturated rings. The lowest BCUT2D eigenvalue weighted by Gasteiger charge is -2.13. The number of nitrogens with two attached hydrogens (primary N) is 1. The van der Waals surface area contributed by atoms with E-state index in [2.05, 4.69) is 25.3 Å². The van der Waals surface area contributed by atoms with Crippen LogP contribution in [0.4, 0.5) is 26.4 Å². The summed E-state index contributed by atoms with van der Waals surface area (Å²) in [5.74, 6) is 0.700. The van der Waals surface area contributed by atoms with E-state index in [-0.39, 0.29) is 22.3 Å². The van der Waals surface area contributed by atoms with E-state index >= 15 is 0 Å². The Morgan fingerprint density at radius 2 is 1.69 bits per heavy atom. The van der Waals surface area contributed by atoms with E-state index in [0.29, 0.717) is 16.9 Å². The highest BCUT2D eigenvalue weighted by atomic mass is 32.2. The first-order valence-corrected chi connectivity index (χ1v) is 9.64. The first-order chi connectivity index (χ1) is 14.0. The number of nitrogens with one attached hydrogen (secondary N) is 1. The van der Waals surface area contributed by atoms with Crippen LogP contribution in [-0.2, 0) is 0 Å². The van der Waals surface area contributed by atoms with Gasteiger partial charge < -0.3 is 11.1 Å². The van der Waals surface area contributed by atoms with Gasteiger partial charge in [0.05, 0.1) is 16.3 Å². The van der Waals surface area contributed by atoms with Gasteiger partial charge in [-0.1, -0.05) is 42.1 Å². The number of nitrogens with zero attached hydrogens (tertiary/aromatic N) is 5. The Labute approximate surface area is 169 Å². The lowest BCUT2D eigenvalue weighted by Crippen LogP contribution is -2.09. The fraction of sp³-hybridized carbons (Fsp3) is 0.158. The number of fused-ring (bicyclic) bond motifs is 1. The van der Waals surface area contributed by atoms with E-state index < -0.39 is 6.55 Å². The molecule has 148 valence electrons. The van der Waals surface area contributed by atoms with Gasteiger partial charge in [-0.15, -0.1) is 0 Å². The molecule has 0 unspecified atom stereocenters. The Morgan fingerprint density at radius 1 is 0.966 bits per heavy atom. The third kappa shape index (κ3) is 4.11. The summed E-state index contributed by atoms with van der Waals surface area (Å²) in [5.41, 5.74) is 7.50. The topological polar surface area (TPSA) is 94.5 Å². The Balaban J connectivity index is 1.63. The van der Waals surface area contributed by atoms with Crippen molar-refractivity contribution < 1.29 is 8.78 Å². The molecule has 0 amide bonds. The van der Waals surface area contributed by atoms with Crippen LogP contribution in [0.25, 0.3) is 11.0 Å². The van der Waals surface area contributed by atoms with Crippen LogP contribution in [0.2, 0.25) is 0 Å². The van der Waals surface area contributed by atoms with E-state index in [1.165, 1.54) is 0 Å². The Bertz CT molecular complexity index is 1130. The average Bonchev–Trinajstić information content (AvgIpc) is 3.06. The van der Waals surface area contributed by atoms with Crippen LogP contribution in [0.5, 0.6) is 0 Å². The molecule has 2 heterocycles. The molecule has 29 heavy (non-hydrogen) atoms. The zero-order valence-electron chi connectivity index (χ0n) is 15.3. The van der Waals surface area contributed by atoms with Crippen LogP contribution in [0, 0.1) is 0 Å². The van der Waals surface area contributed by atoms with E-state index in [9.17, 15) is 8.78 Å². The van der Waals surface area contributed by atoms with Crippen LogP contribution in [-0.4, -0.2) is 24.5 Å². The van der Waals surface area contributed by atoms with Crippen molar-refractivity contribution in [3.05, 3.63) is 60.4 Å². The Morgan fingerprint density at radius 3 is 2.45 bits per heavy atom. The number of rotatable bonds is 6. The second-order valence-electron chi connectivity index (χ2n) is 6.16. The van der Waals surface area contributed by atoms with Gasteiger partial charge in [-0.3, -0.25) is 4.57 Å². The molecular formula is C19H17F2N7S. The number of para-hydroxylation sites is 3. The maximum absolute atomic E-state index is 13.7. The van der Waals surface area contributed by atoms with Crippen LogP contribution in [0.15, 0.2) is 59.8 Å². The number of halogens is 2. The predicted octanol–water partition coefficient (Wildman–Crippen LogP) is 4.80. The van der Waals surface area contributed by atoms with Crippen LogP contribution in [0.3, 0.4) is 0 Å².